The molecular formula is C21H24N4O2. The Morgan fingerprint density at radius 1 is 1.11 bits per heavy atom. The number of benzene rings is 2. The third-order valence-corrected chi connectivity index (χ3v) is 4.05. The van der Waals surface area contributed by atoms with Crippen LogP contribution in [0.1, 0.15) is 40.5 Å². The number of nitrogens with one attached hydrogen (secondary N) is 1. The Balaban J connectivity index is 1.61. The first-order valence-corrected chi connectivity index (χ1v) is 9.06. The molecule has 0 atom stereocenters. The second kappa shape index (κ2) is 8.49. The largest absolute Gasteiger partial charge is 0.494 e. The van der Waals surface area contributed by atoms with Gasteiger partial charge in [0.2, 0.25) is 0 Å². The maximum atomic E-state index is 12.4. The molecule has 0 aliphatic heterocycles. The van der Waals surface area contributed by atoms with Gasteiger partial charge in [-0.2, -0.15) is 0 Å². The molecule has 0 bridgehead atoms. The average Bonchev–Trinajstić information content (AvgIpc) is 3.15. The van der Waals surface area contributed by atoms with Crippen LogP contribution in [0, 0.1) is 13.8 Å². The summed E-state index contributed by atoms with van der Waals surface area (Å²) in [6.07, 6.45) is 2.62. The van der Waals surface area contributed by atoms with Crippen LogP contribution < -0.4 is 10.1 Å². The van der Waals surface area contributed by atoms with Crippen LogP contribution in [0.4, 0.5) is 0 Å². The first kappa shape index (κ1) is 18.6. The lowest BCUT2D eigenvalue weighted by Gasteiger charge is -2.06. The molecule has 0 radical (unpaired) electrons. The van der Waals surface area contributed by atoms with E-state index in [4.69, 9.17) is 4.74 Å². The van der Waals surface area contributed by atoms with Crippen molar-refractivity contribution in [3.63, 3.8) is 0 Å². The van der Waals surface area contributed by atoms with Crippen LogP contribution in [0.3, 0.4) is 0 Å². The Kier molecular flexibility index (Phi) is 5.86. The molecule has 3 aromatic rings. The summed E-state index contributed by atoms with van der Waals surface area (Å²) in [7, 11) is 0. The molecule has 0 saturated carbocycles. The summed E-state index contributed by atoms with van der Waals surface area (Å²) >= 11 is 0. The Morgan fingerprint density at radius 2 is 1.81 bits per heavy atom. The monoisotopic (exact) mass is 364 g/mol. The zero-order valence-corrected chi connectivity index (χ0v) is 15.9. The molecular weight excluding hydrogens is 340 g/mol. The highest BCUT2D eigenvalue weighted by molar-refractivity contribution is 5.91. The molecule has 1 aromatic heterocycles. The van der Waals surface area contributed by atoms with Gasteiger partial charge in [-0.3, -0.25) is 4.79 Å². The summed E-state index contributed by atoms with van der Waals surface area (Å²) in [5.41, 5.74) is 4.45. The standard InChI is InChI=1S/C21H24N4O2/c1-4-9-27-19-7-5-17(6-8-19)13-22-21(26)20-14-25(24-23-20)18-11-15(2)10-16(3)12-18/h5-8,10-12,14H,4,9,13H2,1-3H3,(H,22,26). The Bertz CT molecular complexity index is 896. The van der Waals surface area contributed by atoms with Crippen LogP contribution >= 0.6 is 0 Å². The molecule has 1 amide bonds. The maximum absolute atomic E-state index is 12.4. The topological polar surface area (TPSA) is 69.0 Å². The highest BCUT2D eigenvalue weighted by Crippen LogP contribution is 2.14. The molecule has 27 heavy (non-hydrogen) atoms. The zero-order valence-electron chi connectivity index (χ0n) is 15.9. The minimum atomic E-state index is -0.253. The maximum Gasteiger partial charge on any atom is 0.273 e. The number of carbonyl (C=O) groups is 1. The molecule has 1 N–H and O–H groups in total. The quantitative estimate of drug-likeness (QED) is 0.695. The lowest BCUT2D eigenvalue weighted by molar-refractivity contribution is 0.0946. The molecule has 2 aromatic carbocycles. The van der Waals surface area contributed by atoms with Crippen LogP contribution in [-0.2, 0) is 6.54 Å². The van der Waals surface area contributed by atoms with Crippen LogP contribution in [0.2, 0.25) is 0 Å². The number of aromatic nitrogens is 3. The molecule has 3 rings (SSSR count). The van der Waals surface area contributed by atoms with Crippen molar-refractivity contribution in [3.8, 4) is 11.4 Å². The number of nitrogens with zero attached hydrogens (tertiary/aromatic N) is 3. The average molecular weight is 364 g/mol. The minimum Gasteiger partial charge on any atom is -0.494 e. The van der Waals surface area contributed by atoms with Crippen molar-refractivity contribution in [1.82, 2.24) is 20.3 Å². The van der Waals surface area contributed by atoms with Crippen molar-refractivity contribution in [1.29, 1.82) is 0 Å². The number of aryl methyl sites for hydroxylation is 2. The van der Waals surface area contributed by atoms with Crippen LogP contribution in [0.5, 0.6) is 5.75 Å². The normalized spacial score (nSPS) is 10.6. The lowest BCUT2D eigenvalue weighted by Crippen LogP contribution is -2.23. The second-order valence-corrected chi connectivity index (χ2v) is 6.57. The summed E-state index contributed by atoms with van der Waals surface area (Å²) in [5.74, 6) is 0.584. The predicted molar refractivity (Wildman–Crippen MR) is 104 cm³/mol. The second-order valence-electron chi connectivity index (χ2n) is 6.57. The van der Waals surface area contributed by atoms with Gasteiger partial charge in [0.15, 0.2) is 5.69 Å². The summed E-state index contributed by atoms with van der Waals surface area (Å²) in [6.45, 7) is 7.24. The van der Waals surface area contributed by atoms with Gasteiger partial charge in [0, 0.05) is 6.54 Å². The van der Waals surface area contributed by atoms with Crippen LogP contribution in [0.25, 0.3) is 5.69 Å². The van der Waals surface area contributed by atoms with E-state index < -0.39 is 0 Å². The van der Waals surface area contributed by atoms with Crippen LogP contribution in [-0.4, -0.2) is 27.5 Å². The van der Waals surface area contributed by atoms with Gasteiger partial charge in [-0.1, -0.05) is 30.3 Å². The number of amides is 1. The SMILES string of the molecule is CCCOc1ccc(CNC(=O)c2cn(-c3cc(C)cc(C)c3)nn2)cc1. The Morgan fingerprint density at radius 3 is 2.48 bits per heavy atom. The van der Waals surface area contributed by atoms with Gasteiger partial charge in [0.05, 0.1) is 18.5 Å². The lowest BCUT2D eigenvalue weighted by atomic mass is 10.1. The number of hydrogen-bond acceptors (Lipinski definition) is 4. The third-order valence-electron chi connectivity index (χ3n) is 4.05. The zero-order chi connectivity index (χ0) is 19.2. The van der Waals surface area contributed by atoms with E-state index >= 15 is 0 Å². The van der Waals surface area contributed by atoms with Crippen molar-refractivity contribution < 1.29 is 9.53 Å². The smallest absolute Gasteiger partial charge is 0.273 e. The van der Waals surface area contributed by atoms with Gasteiger partial charge < -0.3 is 10.1 Å². The van der Waals surface area contributed by atoms with Gasteiger partial charge in [0.1, 0.15) is 5.75 Å². The molecule has 140 valence electrons. The van der Waals surface area contributed by atoms with Crippen molar-refractivity contribution >= 4 is 5.91 Å². The van der Waals surface area contributed by atoms with E-state index in [-0.39, 0.29) is 11.6 Å². The van der Waals surface area contributed by atoms with E-state index in [0.717, 1.165) is 34.5 Å². The molecule has 0 aliphatic rings. The van der Waals surface area contributed by atoms with E-state index in [2.05, 4.69) is 28.6 Å². The van der Waals surface area contributed by atoms with E-state index in [9.17, 15) is 4.79 Å². The Hall–Kier alpha value is -3.15. The highest BCUT2D eigenvalue weighted by Gasteiger charge is 2.11. The molecule has 0 aliphatic carbocycles. The minimum absolute atomic E-state index is 0.253. The number of carbonyl (C=O) groups excluding carboxylic acids is 1. The van der Waals surface area contributed by atoms with Gasteiger partial charge in [0.25, 0.3) is 5.91 Å². The molecule has 6 heteroatoms. The van der Waals surface area contributed by atoms with Crippen LogP contribution in [0.15, 0.2) is 48.7 Å². The number of rotatable bonds is 7. The van der Waals surface area contributed by atoms with E-state index in [1.54, 1.807) is 10.9 Å². The van der Waals surface area contributed by atoms with Crippen molar-refractivity contribution in [2.45, 2.75) is 33.7 Å². The third kappa shape index (κ3) is 4.94. The molecule has 0 unspecified atom stereocenters. The van der Waals surface area contributed by atoms with E-state index in [1.807, 2.05) is 50.2 Å². The summed E-state index contributed by atoms with van der Waals surface area (Å²) < 4.78 is 7.18. The summed E-state index contributed by atoms with van der Waals surface area (Å²) in [6, 6.07) is 13.8. The van der Waals surface area contributed by atoms with E-state index in [0.29, 0.717) is 13.2 Å². The van der Waals surface area contributed by atoms with E-state index in [1.165, 1.54) is 0 Å². The Labute approximate surface area is 159 Å². The summed E-state index contributed by atoms with van der Waals surface area (Å²) in [4.78, 5) is 12.4. The van der Waals surface area contributed by atoms with Crippen molar-refractivity contribution in [2.24, 2.45) is 0 Å². The molecule has 1 heterocycles. The number of ether oxygens (including phenoxy) is 1. The predicted octanol–water partition coefficient (Wildman–Crippen LogP) is 3.60. The van der Waals surface area contributed by atoms with Gasteiger partial charge in [-0.05, 0) is 61.2 Å². The molecule has 0 saturated heterocycles. The fraction of sp³-hybridized carbons (Fsp3) is 0.286. The van der Waals surface area contributed by atoms with Gasteiger partial charge in [-0.25, -0.2) is 4.68 Å². The van der Waals surface area contributed by atoms with Gasteiger partial charge >= 0.3 is 0 Å². The first-order valence-electron chi connectivity index (χ1n) is 9.06. The summed E-state index contributed by atoms with van der Waals surface area (Å²) in [5, 5.41) is 10.9. The fourth-order valence-corrected chi connectivity index (χ4v) is 2.77. The molecule has 0 fully saturated rings. The molecule has 6 nitrogen and oxygen atoms in total. The first-order chi connectivity index (χ1) is 13.0. The number of hydrogen-bond donors (Lipinski definition) is 1. The van der Waals surface area contributed by atoms with Crippen molar-refractivity contribution in [3.05, 3.63) is 71.0 Å². The molecule has 0 spiro atoms. The highest BCUT2D eigenvalue weighted by atomic mass is 16.5. The fourth-order valence-electron chi connectivity index (χ4n) is 2.77. The van der Waals surface area contributed by atoms with Gasteiger partial charge in [-0.15, -0.1) is 5.10 Å². The van der Waals surface area contributed by atoms with Crippen molar-refractivity contribution in [2.75, 3.05) is 6.61 Å².